The number of methoxy groups -OCH3 is 1. The largest absolute Gasteiger partial charge is 0.497 e. The molecule has 1 aromatic carbocycles. The Labute approximate surface area is 182 Å². The second kappa shape index (κ2) is 10.7. The van der Waals surface area contributed by atoms with Gasteiger partial charge in [0.1, 0.15) is 5.75 Å². The Morgan fingerprint density at radius 1 is 1.13 bits per heavy atom. The third kappa shape index (κ3) is 6.65. The van der Waals surface area contributed by atoms with Gasteiger partial charge in [-0.25, -0.2) is 0 Å². The highest BCUT2D eigenvalue weighted by Crippen LogP contribution is 2.12. The molecule has 1 aliphatic rings. The highest BCUT2D eigenvalue weighted by molar-refractivity contribution is 5.92. The molecule has 31 heavy (non-hydrogen) atoms. The molecule has 0 saturated carbocycles. The number of hydrogen-bond donors (Lipinski definition) is 1. The number of carbonyl (C=O) groups excluding carboxylic acids is 2. The Kier molecular flexibility index (Phi) is 7.77. The zero-order chi connectivity index (χ0) is 22.2. The number of amides is 2. The normalized spacial score (nSPS) is 14.9. The number of hydrogen-bond acceptors (Lipinski definition) is 6. The van der Waals surface area contributed by atoms with Crippen LogP contribution in [0.3, 0.4) is 0 Å². The molecular weight excluding hydrogens is 396 g/mol. The molecule has 2 amide bonds. The van der Waals surface area contributed by atoms with Crippen LogP contribution in [0.25, 0.3) is 6.08 Å². The van der Waals surface area contributed by atoms with Gasteiger partial charge in [-0.05, 0) is 37.6 Å². The van der Waals surface area contributed by atoms with Crippen LogP contribution in [0.5, 0.6) is 5.75 Å². The molecule has 3 rings (SSSR count). The van der Waals surface area contributed by atoms with Gasteiger partial charge in [0.05, 0.1) is 19.9 Å². The van der Waals surface area contributed by atoms with Crippen LogP contribution in [-0.2, 0) is 11.3 Å². The predicted octanol–water partition coefficient (Wildman–Crippen LogP) is 1.28. The third-order valence-corrected chi connectivity index (χ3v) is 5.05. The average Bonchev–Trinajstić information content (AvgIpc) is 3.25. The molecule has 1 N–H and O–H groups in total. The van der Waals surface area contributed by atoms with Crippen molar-refractivity contribution in [3.8, 4) is 5.75 Å². The lowest BCUT2D eigenvalue weighted by Crippen LogP contribution is -2.48. The minimum Gasteiger partial charge on any atom is -0.497 e. The van der Waals surface area contributed by atoms with Gasteiger partial charge in [-0.15, -0.1) is 5.10 Å². The molecule has 0 unspecified atom stereocenters. The lowest BCUT2D eigenvalue weighted by atomic mass is 10.2. The van der Waals surface area contributed by atoms with E-state index in [2.05, 4.69) is 20.5 Å². The monoisotopic (exact) mass is 426 g/mol. The van der Waals surface area contributed by atoms with Crippen LogP contribution in [-0.4, -0.2) is 82.5 Å². The summed E-state index contributed by atoms with van der Waals surface area (Å²) in [5.41, 5.74) is 1.29. The fourth-order valence-corrected chi connectivity index (χ4v) is 3.27. The second-order valence-electron chi connectivity index (χ2n) is 7.77. The molecule has 0 aliphatic carbocycles. The Balaban J connectivity index is 1.41. The van der Waals surface area contributed by atoms with Crippen LogP contribution in [0.4, 0.5) is 0 Å². The first-order valence-electron chi connectivity index (χ1n) is 10.5. The SMILES string of the molecule is COc1ccc(/C=C/C(=O)N2CCN(CCn3cc(C(=O)NC(C)C)nn3)CC2)cc1. The van der Waals surface area contributed by atoms with Gasteiger partial charge in [0.15, 0.2) is 5.69 Å². The third-order valence-electron chi connectivity index (χ3n) is 5.05. The van der Waals surface area contributed by atoms with E-state index in [9.17, 15) is 9.59 Å². The van der Waals surface area contributed by atoms with Crippen molar-refractivity contribution in [1.82, 2.24) is 30.1 Å². The fraction of sp³-hybridized carbons (Fsp3) is 0.455. The number of aromatic nitrogens is 3. The van der Waals surface area contributed by atoms with Crippen LogP contribution in [0.15, 0.2) is 36.5 Å². The summed E-state index contributed by atoms with van der Waals surface area (Å²) in [5.74, 6) is 0.601. The van der Waals surface area contributed by atoms with Crippen LogP contribution in [0.2, 0.25) is 0 Å². The maximum Gasteiger partial charge on any atom is 0.273 e. The predicted molar refractivity (Wildman–Crippen MR) is 118 cm³/mol. The van der Waals surface area contributed by atoms with Crippen molar-refractivity contribution in [1.29, 1.82) is 0 Å². The fourth-order valence-electron chi connectivity index (χ4n) is 3.27. The van der Waals surface area contributed by atoms with Gasteiger partial charge < -0.3 is 15.0 Å². The van der Waals surface area contributed by atoms with Crippen molar-refractivity contribution in [3.63, 3.8) is 0 Å². The summed E-state index contributed by atoms with van der Waals surface area (Å²) in [6.07, 6.45) is 5.12. The van der Waals surface area contributed by atoms with E-state index < -0.39 is 0 Å². The summed E-state index contributed by atoms with van der Waals surface area (Å²) in [6.45, 7) is 8.22. The maximum absolute atomic E-state index is 12.5. The Hall–Kier alpha value is -3.20. The van der Waals surface area contributed by atoms with E-state index in [4.69, 9.17) is 4.74 Å². The molecule has 1 aliphatic heterocycles. The van der Waals surface area contributed by atoms with Crippen molar-refractivity contribution in [2.24, 2.45) is 0 Å². The second-order valence-corrected chi connectivity index (χ2v) is 7.77. The highest BCUT2D eigenvalue weighted by Gasteiger charge is 2.19. The zero-order valence-electron chi connectivity index (χ0n) is 18.3. The minimum atomic E-state index is -0.212. The lowest BCUT2D eigenvalue weighted by Gasteiger charge is -2.34. The van der Waals surface area contributed by atoms with E-state index in [1.165, 1.54) is 0 Å². The molecule has 0 spiro atoms. The molecule has 1 fully saturated rings. The van der Waals surface area contributed by atoms with E-state index in [-0.39, 0.29) is 17.9 Å². The van der Waals surface area contributed by atoms with Crippen molar-refractivity contribution in [3.05, 3.63) is 47.8 Å². The molecule has 2 aromatic rings. The number of nitrogens with one attached hydrogen (secondary N) is 1. The molecule has 9 nitrogen and oxygen atoms in total. The van der Waals surface area contributed by atoms with E-state index in [0.717, 1.165) is 30.9 Å². The number of nitrogens with zero attached hydrogens (tertiary/aromatic N) is 5. The molecule has 0 radical (unpaired) electrons. The molecule has 1 saturated heterocycles. The maximum atomic E-state index is 12.5. The van der Waals surface area contributed by atoms with Gasteiger partial charge in [-0.3, -0.25) is 19.2 Å². The number of rotatable bonds is 8. The molecule has 0 bridgehead atoms. The summed E-state index contributed by atoms with van der Waals surface area (Å²) >= 11 is 0. The lowest BCUT2D eigenvalue weighted by molar-refractivity contribution is -0.127. The van der Waals surface area contributed by atoms with Crippen molar-refractivity contribution in [2.75, 3.05) is 39.8 Å². The summed E-state index contributed by atoms with van der Waals surface area (Å²) in [7, 11) is 1.63. The number of carbonyl (C=O) groups is 2. The first-order chi connectivity index (χ1) is 14.9. The molecule has 1 aromatic heterocycles. The smallest absolute Gasteiger partial charge is 0.273 e. The van der Waals surface area contributed by atoms with Crippen LogP contribution < -0.4 is 10.1 Å². The quantitative estimate of drug-likeness (QED) is 0.640. The van der Waals surface area contributed by atoms with Crippen molar-refractivity contribution >= 4 is 17.9 Å². The number of piperazine rings is 1. The standard InChI is InChI=1S/C22H30N6O3/c1-17(2)23-22(30)20-16-28(25-24-20)15-12-26-10-13-27(14-11-26)21(29)9-6-18-4-7-19(31-3)8-5-18/h4-9,16-17H,10-15H2,1-3H3,(H,23,30)/b9-6+. The van der Waals surface area contributed by atoms with Crippen molar-refractivity contribution in [2.45, 2.75) is 26.4 Å². The van der Waals surface area contributed by atoms with Crippen LogP contribution >= 0.6 is 0 Å². The Morgan fingerprint density at radius 2 is 1.84 bits per heavy atom. The van der Waals surface area contributed by atoms with Gasteiger partial charge in [0.2, 0.25) is 5.91 Å². The highest BCUT2D eigenvalue weighted by atomic mass is 16.5. The number of ether oxygens (including phenoxy) is 1. The molecule has 9 heteroatoms. The van der Waals surface area contributed by atoms with Gasteiger partial charge >= 0.3 is 0 Å². The van der Waals surface area contributed by atoms with E-state index in [1.807, 2.05) is 49.1 Å². The van der Waals surface area contributed by atoms with Crippen LogP contribution in [0.1, 0.15) is 29.9 Å². The summed E-state index contributed by atoms with van der Waals surface area (Å²) in [5, 5.41) is 10.8. The summed E-state index contributed by atoms with van der Waals surface area (Å²) < 4.78 is 6.83. The average molecular weight is 427 g/mol. The number of benzene rings is 1. The summed E-state index contributed by atoms with van der Waals surface area (Å²) in [6, 6.07) is 7.64. The minimum absolute atomic E-state index is 0.0209. The van der Waals surface area contributed by atoms with Gasteiger partial charge in [-0.2, -0.15) is 0 Å². The first kappa shape index (κ1) is 22.5. The van der Waals surface area contributed by atoms with Gasteiger partial charge in [0, 0.05) is 44.8 Å². The zero-order valence-corrected chi connectivity index (χ0v) is 18.3. The molecular formula is C22H30N6O3. The molecule has 2 heterocycles. The van der Waals surface area contributed by atoms with Gasteiger partial charge in [0.25, 0.3) is 5.91 Å². The van der Waals surface area contributed by atoms with Crippen molar-refractivity contribution < 1.29 is 14.3 Å². The van der Waals surface area contributed by atoms with E-state index in [0.29, 0.717) is 25.3 Å². The van der Waals surface area contributed by atoms with E-state index >= 15 is 0 Å². The summed E-state index contributed by atoms with van der Waals surface area (Å²) in [4.78, 5) is 28.6. The Bertz CT molecular complexity index is 898. The first-order valence-corrected chi connectivity index (χ1v) is 10.5. The molecule has 0 atom stereocenters. The Morgan fingerprint density at radius 3 is 2.48 bits per heavy atom. The van der Waals surface area contributed by atoms with E-state index in [1.54, 1.807) is 24.1 Å². The topological polar surface area (TPSA) is 92.6 Å². The molecule has 166 valence electrons. The van der Waals surface area contributed by atoms with Gasteiger partial charge in [-0.1, -0.05) is 17.3 Å². The van der Waals surface area contributed by atoms with Crippen LogP contribution in [0, 0.1) is 0 Å².